The van der Waals surface area contributed by atoms with Crippen molar-refractivity contribution in [2.24, 2.45) is 5.92 Å². The van der Waals surface area contributed by atoms with E-state index in [2.05, 4.69) is 5.92 Å². The molecule has 1 fully saturated rings. The summed E-state index contributed by atoms with van der Waals surface area (Å²) in [5.41, 5.74) is -0.174. The third-order valence-electron chi connectivity index (χ3n) is 8.46. The number of terminal acetylenes is 1. The van der Waals surface area contributed by atoms with Gasteiger partial charge in [-0.25, -0.2) is 17.7 Å². The standard InChI is InChI=1S/C19H15FN2O4.C14H13NO7S/c1-2-7-21-15-9-14(13(20)8-16(15)26-10-17(21)23)22-18(24)11-5-3-4-6-12(11)19(22)25;1-23(21,22)8-5-6-9(10(7-8)15(19)20)14(18)13-11(16)3-2-4-12(13)17/h1,8-9H,3-7,10H2;5-7,13H,2-4H2,1H3. The number of carbonyl (C=O) groups excluding carboxylic acids is 6. The Morgan fingerprint density at radius 3 is 2.14 bits per heavy atom. The van der Waals surface area contributed by atoms with Gasteiger partial charge in [0.2, 0.25) is 0 Å². The first-order valence-corrected chi connectivity index (χ1v) is 16.9. The molecule has 0 radical (unpaired) electrons. The number of halogens is 1. The van der Waals surface area contributed by atoms with Gasteiger partial charge in [0.15, 0.2) is 39.6 Å². The van der Waals surface area contributed by atoms with Gasteiger partial charge in [-0.2, -0.15) is 0 Å². The number of Topliss-reactive ketones (excluding diaryl/α,β-unsaturated/α-hetero) is 3. The number of amides is 3. The highest BCUT2D eigenvalue weighted by Crippen LogP contribution is 2.41. The summed E-state index contributed by atoms with van der Waals surface area (Å²) < 4.78 is 42.9. The molecule has 16 heteroatoms. The average molecular weight is 694 g/mol. The van der Waals surface area contributed by atoms with Crippen LogP contribution in [-0.4, -0.2) is 67.8 Å². The van der Waals surface area contributed by atoms with Crippen LogP contribution in [0.3, 0.4) is 0 Å². The van der Waals surface area contributed by atoms with E-state index in [-0.39, 0.29) is 53.9 Å². The van der Waals surface area contributed by atoms with Gasteiger partial charge in [0, 0.05) is 42.4 Å². The number of nitro benzene ring substituents is 1. The molecule has 14 nitrogen and oxygen atoms in total. The topological polar surface area (TPSA) is 195 Å². The summed E-state index contributed by atoms with van der Waals surface area (Å²) in [6.45, 7) is -0.262. The summed E-state index contributed by atoms with van der Waals surface area (Å²) in [6.07, 6.45) is 9.38. The molecule has 2 heterocycles. The van der Waals surface area contributed by atoms with Crippen molar-refractivity contribution >= 4 is 62.0 Å². The summed E-state index contributed by atoms with van der Waals surface area (Å²) in [6, 6.07) is 5.16. The molecular weight excluding hydrogens is 665 g/mol. The zero-order valence-electron chi connectivity index (χ0n) is 26.0. The number of carbonyl (C=O) groups is 6. The first kappa shape index (κ1) is 34.8. The Bertz CT molecular complexity index is 2000. The van der Waals surface area contributed by atoms with Gasteiger partial charge in [-0.05, 0) is 50.3 Å². The van der Waals surface area contributed by atoms with E-state index in [1.807, 2.05) is 0 Å². The molecule has 4 aliphatic rings. The molecule has 1 saturated carbocycles. The lowest BCUT2D eigenvalue weighted by Gasteiger charge is -2.29. The Morgan fingerprint density at radius 1 is 0.980 bits per heavy atom. The number of imide groups is 1. The Labute approximate surface area is 278 Å². The van der Waals surface area contributed by atoms with E-state index in [1.165, 1.54) is 11.0 Å². The first-order valence-electron chi connectivity index (χ1n) is 15.0. The molecule has 0 N–H and O–H groups in total. The predicted molar refractivity (Wildman–Crippen MR) is 169 cm³/mol. The lowest BCUT2D eigenvalue weighted by atomic mass is 9.81. The number of ketones is 3. The van der Waals surface area contributed by atoms with Gasteiger partial charge in [0.25, 0.3) is 23.4 Å². The number of hydrogen-bond donors (Lipinski definition) is 0. The lowest BCUT2D eigenvalue weighted by molar-refractivity contribution is -0.385. The number of hydrogen-bond acceptors (Lipinski definition) is 11. The average Bonchev–Trinajstić information content (AvgIpc) is 3.30. The number of fused-ring (bicyclic) bond motifs is 1. The fourth-order valence-corrected chi connectivity index (χ4v) is 6.70. The second-order valence-corrected chi connectivity index (χ2v) is 13.7. The molecule has 2 aliphatic carbocycles. The van der Waals surface area contributed by atoms with Gasteiger partial charge in [-0.1, -0.05) is 5.92 Å². The summed E-state index contributed by atoms with van der Waals surface area (Å²) in [4.78, 5) is 85.5. The molecule has 2 aromatic carbocycles. The van der Waals surface area contributed by atoms with E-state index < -0.39 is 66.9 Å². The molecule has 3 amide bonds. The molecule has 0 unspecified atom stereocenters. The molecule has 0 spiro atoms. The van der Waals surface area contributed by atoms with Crippen molar-refractivity contribution in [1.82, 2.24) is 0 Å². The van der Waals surface area contributed by atoms with Crippen molar-refractivity contribution < 1.29 is 51.2 Å². The van der Waals surface area contributed by atoms with Crippen LogP contribution < -0.4 is 14.5 Å². The maximum absolute atomic E-state index is 14.7. The minimum atomic E-state index is -3.70. The van der Waals surface area contributed by atoms with Crippen molar-refractivity contribution in [3.05, 3.63) is 63.0 Å². The number of ether oxygens (including phenoxy) is 1. The minimum Gasteiger partial charge on any atom is -0.481 e. The molecule has 0 aromatic heterocycles. The van der Waals surface area contributed by atoms with Gasteiger partial charge in [0.05, 0.1) is 33.3 Å². The second kappa shape index (κ2) is 13.5. The fraction of sp³-hybridized carbons (Fsp3) is 0.333. The van der Waals surface area contributed by atoms with Gasteiger partial charge >= 0.3 is 0 Å². The van der Waals surface area contributed by atoms with Crippen LogP contribution in [0.4, 0.5) is 21.5 Å². The van der Waals surface area contributed by atoms with E-state index >= 15 is 0 Å². The molecule has 0 saturated heterocycles. The van der Waals surface area contributed by atoms with Crippen LogP contribution >= 0.6 is 0 Å². The van der Waals surface area contributed by atoms with E-state index in [4.69, 9.17) is 11.2 Å². The third kappa shape index (κ3) is 6.61. The summed E-state index contributed by atoms with van der Waals surface area (Å²) in [7, 11) is -3.70. The van der Waals surface area contributed by atoms with Crippen LogP contribution in [0.5, 0.6) is 5.75 Å². The number of rotatable bonds is 6. The summed E-state index contributed by atoms with van der Waals surface area (Å²) in [5.74, 6) is -3.21. The van der Waals surface area contributed by atoms with E-state index in [0.717, 1.165) is 48.3 Å². The van der Waals surface area contributed by atoms with Gasteiger partial charge in [-0.3, -0.25) is 43.8 Å². The van der Waals surface area contributed by atoms with Crippen LogP contribution in [0.2, 0.25) is 0 Å². The molecule has 6 rings (SSSR count). The van der Waals surface area contributed by atoms with Gasteiger partial charge in [0.1, 0.15) is 11.7 Å². The highest BCUT2D eigenvalue weighted by Gasteiger charge is 2.42. The smallest absolute Gasteiger partial charge is 0.281 e. The van der Waals surface area contributed by atoms with Crippen molar-refractivity contribution in [1.29, 1.82) is 0 Å². The predicted octanol–water partition coefficient (Wildman–Crippen LogP) is 3.05. The number of nitrogens with zero attached hydrogens (tertiary/aromatic N) is 3. The maximum atomic E-state index is 14.7. The van der Waals surface area contributed by atoms with E-state index in [0.29, 0.717) is 30.4 Å². The van der Waals surface area contributed by atoms with E-state index in [9.17, 15) is 51.7 Å². The number of benzene rings is 2. The van der Waals surface area contributed by atoms with Crippen LogP contribution in [0.25, 0.3) is 0 Å². The highest BCUT2D eigenvalue weighted by molar-refractivity contribution is 7.90. The Morgan fingerprint density at radius 2 is 1.59 bits per heavy atom. The molecular formula is C33H28FN3O11S. The van der Waals surface area contributed by atoms with E-state index in [1.54, 1.807) is 0 Å². The molecule has 0 bridgehead atoms. The normalized spacial score (nSPS) is 17.9. The molecule has 2 aromatic rings. The van der Waals surface area contributed by atoms with Crippen molar-refractivity contribution in [2.75, 3.05) is 29.2 Å². The number of anilines is 2. The number of sulfone groups is 1. The molecule has 254 valence electrons. The Kier molecular flexibility index (Phi) is 9.59. The van der Waals surface area contributed by atoms with Crippen LogP contribution in [0, 0.1) is 34.2 Å². The lowest BCUT2D eigenvalue weighted by Crippen LogP contribution is -2.39. The Balaban J connectivity index is 0.000000193. The zero-order chi connectivity index (χ0) is 35.8. The highest BCUT2D eigenvalue weighted by atomic mass is 32.2. The maximum Gasteiger partial charge on any atom is 0.281 e. The first-order chi connectivity index (χ1) is 23.1. The Hall–Kier alpha value is -5.56. The largest absolute Gasteiger partial charge is 0.481 e. The third-order valence-corrected chi connectivity index (χ3v) is 9.57. The SMILES string of the molecule is C#CCN1C(=O)COc2cc(F)c(N3C(=O)C4=C(CCCC4)C3=O)cc21.CS(=O)(=O)c1ccc(C(=O)C2C(=O)CCCC2=O)c([N+](=O)[O-])c1. The van der Waals surface area contributed by atoms with Crippen molar-refractivity contribution in [3.8, 4) is 18.1 Å². The van der Waals surface area contributed by atoms with Crippen LogP contribution in [0.1, 0.15) is 55.3 Å². The second-order valence-electron chi connectivity index (χ2n) is 11.6. The van der Waals surface area contributed by atoms with Crippen molar-refractivity contribution in [3.63, 3.8) is 0 Å². The molecule has 2 aliphatic heterocycles. The van der Waals surface area contributed by atoms with Crippen molar-refractivity contribution in [2.45, 2.75) is 49.8 Å². The number of nitro groups is 1. The molecule has 49 heavy (non-hydrogen) atoms. The fourth-order valence-electron chi connectivity index (χ4n) is 6.06. The minimum absolute atomic E-state index is 0.0170. The zero-order valence-corrected chi connectivity index (χ0v) is 26.8. The van der Waals surface area contributed by atoms with Crippen LogP contribution in [-0.2, 0) is 33.8 Å². The van der Waals surface area contributed by atoms with Gasteiger partial charge < -0.3 is 4.74 Å². The quantitative estimate of drug-likeness (QED) is 0.108. The summed E-state index contributed by atoms with van der Waals surface area (Å²) in [5, 5.41) is 11.1. The summed E-state index contributed by atoms with van der Waals surface area (Å²) >= 11 is 0. The monoisotopic (exact) mass is 693 g/mol. The molecule has 0 atom stereocenters. The van der Waals surface area contributed by atoms with Gasteiger partial charge in [-0.15, -0.1) is 6.42 Å². The van der Waals surface area contributed by atoms with Crippen LogP contribution in [0.15, 0.2) is 46.4 Å².